The summed E-state index contributed by atoms with van der Waals surface area (Å²) >= 11 is 0. The van der Waals surface area contributed by atoms with Crippen molar-refractivity contribution in [1.29, 1.82) is 0 Å². The van der Waals surface area contributed by atoms with Crippen molar-refractivity contribution in [2.75, 3.05) is 18.1 Å². The van der Waals surface area contributed by atoms with Crippen molar-refractivity contribution in [3.8, 4) is 22.4 Å². The summed E-state index contributed by atoms with van der Waals surface area (Å²) in [7, 11) is 0. The predicted molar refractivity (Wildman–Crippen MR) is 120 cm³/mol. The number of aromatic nitrogens is 1. The monoisotopic (exact) mass is 412 g/mol. The average Bonchev–Trinajstić information content (AvgIpc) is 3.20. The molecule has 0 bridgehead atoms. The maximum absolute atomic E-state index is 13.0. The first kappa shape index (κ1) is 19.1. The summed E-state index contributed by atoms with van der Waals surface area (Å²) in [4.78, 5) is 29.5. The van der Waals surface area contributed by atoms with E-state index < -0.39 is 12.2 Å². The second-order valence-electron chi connectivity index (χ2n) is 7.49. The molecule has 31 heavy (non-hydrogen) atoms. The molecule has 1 aliphatic rings. The van der Waals surface area contributed by atoms with Crippen LogP contribution < -0.4 is 10.5 Å². The van der Waals surface area contributed by atoms with Crippen LogP contribution in [0.15, 0.2) is 83.7 Å². The SMILES string of the molecule is O=C1OC(CO)CN1c1ccc2cc(-c3ccccc3-c3ccccc3)[nH]c(=O)c2c1. The standard InChI is InChI=1S/C25H20N2O4/c28-15-19-14-27(25(30)31-19)18-11-10-17-12-23(26-24(29)22(17)13-18)21-9-5-4-8-20(21)16-6-2-1-3-7-16/h1-13,19,28H,14-15H2,(H,26,29). The molecule has 3 aromatic carbocycles. The fourth-order valence-corrected chi connectivity index (χ4v) is 3.98. The zero-order chi connectivity index (χ0) is 21.4. The number of nitrogens with zero attached hydrogens (tertiary/aromatic N) is 1. The number of H-pyrrole nitrogens is 1. The molecule has 1 amide bonds. The summed E-state index contributed by atoms with van der Waals surface area (Å²) in [5.41, 5.74) is 4.10. The number of carbonyl (C=O) groups is 1. The molecule has 0 saturated carbocycles. The van der Waals surface area contributed by atoms with Crippen LogP contribution in [0, 0.1) is 0 Å². The summed E-state index contributed by atoms with van der Waals surface area (Å²) in [6, 6.07) is 25.2. The molecule has 1 unspecified atom stereocenters. The largest absolute Gasteiger partial charge is 0.441 e. The van der Waals surface area contributed by atoms with Gasteiger partial charge in [-0.05, 0) is 34.7 Å². The Morgan fingerprint density at radius 1 is 0.935 bits per heavy atom. The summed E-state index contributed by atoms with van der Waals surface area (Å²) in [6.07, 6.45) is -1.08. The number of fused-ring (bicyclic) bond motifs is 1. The summed E-state index contributed by atoms with van der Waals surface area (Å²) in [5, 5.41) is 10.5. The van der Waals surface area contributed by atoms with E-state index in [1.807, 2.05) is 66.7 Å². The van der Waals surface area contributed by atoms with Gasteiger partial charge in [-0.2, -0.15) is 0 Å². The van der Waals surface area contributed by atoms with Crippen LogP contribution in [-0.4, -0.2) is 35.4 Å². The highest BCUT2D eigenvalue weighted by molar-refractivity contribution is 5.95. The maximum atomic E-state index is 13.0. The third kappa shape index (κ3) is 3.47. The molecule has 1 fully saturated rings. The van der Waals surface area contributed by atoms with E-state index in [9.17, 15) is 14.7 Å². The zero-order valence-electron chi connectivity index (χ0n) is 16.6. The molecule has 1 aliphatic heterocycles. The van der Waals surface area contributed by atoms with Crippen molar-refractivity contribution in [3.63, 3.8) is 0 Å². The lowest BCUT2D eigenvalue weighted by Crippen LogP contribution is -2.25. The van der Waals surface area contributed by atoms with Crippen molar-refractivity contribution >= 4 is 22.6 Å². The Balaban J connectivity index is 1.58. The minimum Gasteiger partial charge on any atom is -0.441 e. The van der Waals surface area contributed by atoms with Gasteiger partial charge in [0.15, 0.2) is 0 Å². The molecular weight excluding hydrogens is 392 g/mol. The minimum absolute atomic E-state index is 0.233. The lowest BCUT2D eigenvalue weighted by Gasteiger charge is -2.14. The van der Waals surface area contributed by atoms with E-state index >= 15 is 0 Å². The Hall–Kier alpha value is -3.90. The topological polar surface area (TPSA) is 82.6 Å². The first-order chi connectivity index (χ1) is 15.1. The first-order valence-electron chi connectivity index (χ1n) is 10.0. The Morgan fingerprint density at radius 2 is 1.68 bits per heavy atom. The second-order valence-corrected chi connectivity index (χ2v) is 7.49. The fourth-order valence-electron chi connectivity index (χ4n) is 3.98. The molecule has 0 radical (unpaired) electrons. The molecule has 2 N–H and O–H groups in total. The first-order valence-corrected chi connectivity index (χ1v) is 10.0. The average molecular weight is 412 g/mol. The molecule has 154 valence electrons. The van der Waals surface area contributed by atoms with Gasteiger partial charge in [-0.1, -0.05) is 60.7 Å². The molecule has 6 nitrogen and oxygen atoms in total. The highest BCUT2D eigenvalue weighted by atomic mass is 16.6. The molecule has 5 rings (SSSR count). The number of aliphatic hydroxyl groups is 1. The van der Waals surface area contributed by atoms with Gasteiger partial charge in [0.1, 0.15) is 6.10 Å². The smallest absolute Gasteiger partial charge is 0.414 e. The number of ether oxygens (including phenoxy) is 1. The van der Waals surface area contributed by atoms with E-state index in [-0.39, 0.29) is 18.7 Å². The van der Waals surface area contributed by atoms with Crippen molar-refractivity contribution in [1.82, 2.24) is 4.98 Å². The minimum atomic E-state index is -0.557. The number of carbonyl (C=O) groups excluding carboxylic acids is 1. The van der Waals surface area contributed by atoms with Gasteiger partial charge in [0.25, 0.3) is 5.56 Å². The van der Waals surface area contributed by atoms with Gasteiger partial charge in [0, 0.05) is 22.3 Å². The van der Waals surface area contributed by atoms with E-state index in [2.05, 4.69) is 4.98 Å². The van der Waals surface area contributed by atoms with Crippen molar-refractivity contribution in [3.05, 3.63) is 89.2 Å². The van der Waals surface area contributed by atoms with Crippen LogP contribution in [0.4, 0.5) is 10.5 Å². The van der Waals surface area contributed by atoms with Gasteiger partial charge < -0.3 is 14.8 Å². The quantitative estimate of drug-likeness (QED) is 0.527. The molecule has 1 saturated heterocycles. The fraction of sp³-hybridized carbons (Fsp3) is 0.120. The molecule has 6 heteroatoms. The Kier molecular flexibility index (Phi) is 4.76. The van der Waals surface area contributed by atoms with Crippen molar-refractivity contribution in [2.45, 2.75) is 6.10 Å². The number of rotatable bonds is 4. The molecule has 2 heterocycles. The van der Waals surface area contributed by atoms with Gasteiger partial charge in [-0.25, -0.2) is 4.79 Å². The van der Waals surface area contributed by atoms with Crippen molar-refractivity contribution in [2.24, 2.45) is 0 Å². The van der Waals surface area contributed by atoms with E-state index in [4.69, 9.17) is 4.74 Å². The lowest BCUT2D eigenvalue weighted by atomic mass is 9.96. The number of pyridine rings is 1. The Labute approximate surface area is 178 Å². The Morgan fingerprint density at radius 3 is 2.42 bits per heavy atom. The van der Waals surface area contributed by atoms with E-state index in [0.29, 0.717) is 11.1 Å². The zero-order valence-corrected chi connectivity index (χ0v) is 16.6. The number of aromatic amines is 1. The molecule has 1 aromatic heterocycles. The number of anilines is 1. The molecular formula is C25H20N2O4. The lowest BCUT2D eigenvalue weighted by molar-refractivity contribution is 0.0963. The predicted octanol–water partition coefficient (Wildman–Crippen LogP) is 4.18. The maximum Gasteiger partial charge on any atom is 0.414 e. The van der Waals surface area contributed by atoms with Crippen LogP contribution in [-0.2, 0) is 4.74 Å². The van der Waals surface area contributed by atoms with Crippen LogP contribution in [0.3, 0.4) is 0 Å². The van der Waals surface area contributed by atoms with Crippen molar-refractivity contribution < 1.29 is 14.6 Å². The second kappa shape index (κ2) is 7.74. The van der Waals surface area contributed by atoms with Crippen LogP contribution in [0.2, 0.25) is 0 Å². The molecule has 1 atom stereocenters. The summed E-state index contributed by atoms with van der Waals surface area (Å²) in [6.45, 7) is 0.0157. The van der Waals surface area contributed by atoms with E-state index in [0.717, 1.165) is 27.8 Å². The van der Waals surface area contributed by atoms with E-state index in [1.54, 1.807) is 12.1 Å². The number of hydrogen-bond donors (Lipinski definition) is 2. The van der Waals surface area contributed by atoms with Crippen LogP contribution in [0.25, 0.3) is 33.2 Å². The number of cyclic esters (lactones) is 1. The molecule has 0 spiro atoms. The van der Waals surface area contributed by atoms with Gasteiger partial charge in [0.2, 0.25) is 0 Å². The van der Waals surface area contributed by atoms with Gasteiger partial charge in [-0.3, -0.25) is 9.69 Å². The van der Waals surface area contributed by atoms with Crippen LogP contribution in [0.1, 0.15) is 0 Å². The third-order valence-electron chi connectivity index (χ3n) is 5.52. The molecule has 4 aromatic rings. The Bertz CT molecular complexity index is 1330. The summed E-state index contributed by atoms with van der Waals surface area (Å²) < 4.78 is 5.10. The summed E-state index contributed by atoms with van der Waals surface area (Å²) in [5.74, 6) is 0. The number of nitrogens with one attached hydrogen (secondary N) is 1. The third-order valence-corrected chi connectivity index (χ3v) is 5.52. The van der Waals surface area contributed by atoms with Gasteiger partial charge in [0.05, 0.1) is 13.2 Å². The molecule has 0 aliphatic carbocycles. The van der Waals surface area contributed by atoms with Gasteiger partial charge >= 0.3 is 6.09 Å². The number of hydrogen-bond acceptors (Lipinski definition) is 4. The highest BCUT2D eigenvalue weighted by Gasteiger charge is 2.32. The van der Waals surface area contributed by atoms with Gasteiger partial charge in [-0.15, -0.1) is 0 Å². The van der Waals surface area contributed by atoms with Crippen LogP contribution >= 0.6 is 0 Å². The number of amides is 1. The highest BCUT2D eigenvalue weighted by Crippen LogP contribution is 2.32. The number of aliphatic hydroxyl groups excluding tert-OH is 1. The van der Waals surface area contributed by atoms with E-state index in [1.165, 1.54) is 4.90 Å². The van der Waals surface area contributed by atoms with Crippen LogP contribution in [0.5, 0.6) is 0 Å². The number of benzene rings is 3. The normalized spacial score (nSPS) is 16.0.